The van der Waals surface area contributed by atoms with Crippen molar-refractivity contribution in [2.75, 3.05) is 0 Å². The number of carbonyl (C=O) groups is 2. The van der Waals surface area contributed by atoms with Crippen LogP contribution in [0.15, 0.2) is 23.1 Å². The lowest BCUT2D eigenvalue weighted by molar-refractivity contribution is -0.116. The largest absolute Gasteiger partial charge is 0.298 e. The first-order valence-corrected chi connectivity index (χ1v) is 5.35. The van der Waals surface area contributed by atoms with Crippen LogP contribution in [0.4, 0.5) is 0 Å². The highest BCUT2D eigenvalue weighted by molar-refractivity contribution is 9.09. The van der Waals surface area contributed by atoms with Crippen molar-refractivity contribution in [1.29, 1.82) is 0 Å². The third-order valence-electron chi connectivity index (χ3n) is 1.86. The molecule has 0 fully saturated rings. The van der Waals surface area contributed by atoms with E-state index in [0.717, 1.165) is 6.29 Å². The molecule has 0 N–H and O–H groups in total. The number of Topliss-reactive ketones (excluding diaryl/α,β-unsaturated/α-hetero) is 1. The Morgan fingerprint density at radius 3 is 2.71 bits per heavy atom. The zero-order chi connectivity index (χ0) is 10.7. The molecule has 1 rings (SSSR count). The van der Waals surface area contributed by atoms with E-state index < -0.39 is 4.83 Å². The summed E-state index contributed by atoms with van der Waals surface area (Å²) in [4.78, 5) is 22.1. The van der Waals surface area contributed by atoms with Gasteiger partial charge in [0.25, 0.3) is 0 Å². The van der Waals surface area contributed by atoms with Gasteiger partial charge in [0, 0.05) is 10.5 Å². The van der Waals surface area contributed by atoms with Crippen molar-refractivity contribution >= 4 is 40.6 Å². The van der Waals surface area contributed by atoms with E-state index in [1.807, 2.05) is 0 Å². The Labute approximate surface area is 96.2 Å². The Bertz CT molecular complexity index is 376. The van der Waals surface area contributed by atoms with Gasteiger partial charge in [0.2, 0.25) is 0 Å². The monoisotopic (exact) mass is 272 g/mol. The van der Waals surface area contributed by atoms with Crippen molar-refractivity contribution in [3.63, 3.8) is 0 Å². The van der Waals surface area contributed by atoms with Gasteiger partial charge >= 0.3 is 0 Å². The maximum atomic E-state index is 11.1. The minimum absolute atomic E-state index is 0.0352. The lowest BCUT2D eigenvalue weighted by atomic mass is 10.0. The summed E-state index contributed by atoms with van der Waals surface area (Å²) < 4.78 is 0. The average Bonchev–Trinajstić information content (AvgIpc) is 2.16. The Kier molecular flexibility index (Phi) is 3.89. The Balaban J connectivity index is 3.26. The molecule has 2 nitrogen and oxygen atoms in total. The van der Waals surface area contributed by atoms with Crippen LogP contribution in [0, 0.1) is 0 Å². The van der Waals surface area contributed by atoms with Gasteiger partial charge in [-0.1, -0.05) is 28.1 Å². The van der Waals surface area contributed by atoms with Gasteiger partial charge in [-0.2, -0.15) is 0 Å². The van der Waals surface area contributed by atoms with Crippen LogP contribution < -0.4 is 0 Å². The van der Waals surface area contributed by atoms with Gasteiger partial charge in [0.15, 0.2) is 6.29 Å². The third-order valence-corrected chi connectivity index (χ3v) is 3.39. The number of hydrogen-bond acceptors (Lipinski definition) is 3. The number of thiol groups is 1. The van der Waals surface area contributed by atoms with Crippen molar-refractivity contribution in [3.05, 3.63) is 29.3 Å². The summed E-state index contributed by atoms with van der Waals surface area (Å²) in [7, 11) is 0. The summed E-state index contributed by atoms with van der Waals surface area (Å²) in [5.74, 6) is -0.0352. The first-order valence-electron chi connectivity index (χ1n) is 3.99. The van der Waals surface area contributed by atoms with Gasteiger partial charge in [-0.15, -0.1) is 12.6 Å². The van der Waals surface area contributed by atoms with Gasteiger partial charge in [-0.3, -0.25) is 9.59 Å². The molecule has 0 amide bonds. The summed E-state index contributed by atoms with van der Waals surface area (Å²) in [5.41, 5.74) is 1.13. The number of hydrogen-bond donors (Lipinski definition) is 1. The number of benzene rings is 1. The van der Waals surface area contributed by atoms with E-state index in [1.54, 1.807) is 18.2 Å². The Hall–Kier alpha value is -0.610. The normalized spacial score (nSPS) is 12.2. The van der Waals surface area contributed by atoms with Gasteiger partial charge in [0.05, 0.1) is 4.83 Å². The van der Waals surface area contributed by atoms with E-state index in [-0.39, 0.29) is 5.78 Å². The molecule has 0 aliphatic carbocycles. The molecule has 0 aliphatic rings. The second kappa shape index (κ2) is 4.75. The zero-order valence-electron chi connectivity index (χ0n) is 7.53. The molecule has 74 valence electrons. The SMILES string of the molecule is CC(=O)C(Br)c1cccc(S)c1C=O. The molecule has 0 bridgehead atoms. The van der Waals surface area contributed by atoms with Gasteiger partial charge in [0.1, 0.15) is 5.78 Å². The molecule has 1 unspecified atom stereocenters. The Morgan fingerprint density at radius 2 is 2.21 bits per heavy atom. The maximum absolute atomic E-state index is 11.1. The molecule has 4 heteroatoms. The number of carbonyl (C=O) groups excluding carboxylic acids is 2. The van der Waals surface area contributed by atoms with Crippen molar-refractivity contribution in [2.24, 2.45) is 0 Å². The van der Waals surface area contributed by atoms with Gasteiger partial charge in [-0.05, 0) is 18.6 Å². The molecule has 0 heterocycles. The average molecular weight is 273 g/mol. The van der Waals surface area contributed by atoms with Crippen LogP contribution in [0.3, 0.4) is 0 Å². The van der Waals surface area contributed by atoms with E-state index in [0.29, 0.717) is 16.0 Å². The number of halogens is 1. The van der Waals surface area contributed by atoms with E-state index in [4.69, 9.17) is 0 Å². The summed E-state index contributed by atoms with van der Waals surface area (Å²) in [6.45, 7) is 1.47. The van der Waals surface area contributed by atoms with E-state index >= 15 is 0 Å². The summed E-state index contributed by atoms with van der Waals surface area (Å²) in [6, 6.07) is 5.22. The topological polar surface area (TPSA) is 34.1 Å². The summed E-state index contributed by atoms with van der Waals surface area (Å²) in [6.07, 6.45) is 0.717. The second-order valence-electron chi connectivity index (χ2n) is 2.87. The van der Waals surface area contributed by atoms with Crippen LogP contribution in [-0.4, -0.2) is 12.1 Å². The molecule has 0 aliphatic heterocycles. The highest BCUT2D eigenvalue weighted by atomic mass is 79.9. The predicted molar refractivity (Wildman–Crippen MR) is 61.4 cm³/mol. The zero-order valence-corrected chi connectivity index (χ0v) is 10.0. The molecule has 0 aromatic heterocycles. The van der Waals surface area contributed by atoms with Crippen molar-refractivity contribution in [2.45, 2.75) is 16.6 Å². The lowest BCUT2D eigenvalue weighted by Crippen LogP contribution is -2.04. The van der Waals surface area contributed by atoms with E-state index in [2.05, 4.69) is 28.6 Å². The molecule has 1 aromatic rings. The highest BCUT2D eigenvalue weighted by Gasteiger charge is 2.17. The fourth-order valence-electron chi connectivity index (χ4n) is 1.14. The number of ketones is 1. The molecule has 0 radical (unpaired) electrons. The highest BCUT2D eigenvalue weighted by Crippen LogP contribution is 2.29. The summed E-state index contributed by atoms with van der Waals surface area (Å²) >= 11 is 7.38. The fraction of sp³-hybridized carbons (Fsp3) is 0.200. The smallest absolute Gasteiger partial charge is 0.151 e. The van der Waals surface area contributed by atoms with Gasteiger partial charge < -0.3 is 0 Å². The maximum Gasteiger partial charge on any atom is 0.151 e. The molecular weight excluding hydrogens is 264 g/mol. The molecule has 14 heavy (non-hydrogen) atoms. The van der Waals surface area contributed by atoms with Crippen LogP contribution in [-0.2, 0) is 4.79 Å². The Morgan fingerprint density at radius 1 is 1.57 bits per heavy atom. The van der Waals surface area contributed by atoms with Crippen LogP contribution in [0.25, 0.3) is 0 Å². The lowest BCUT2D eigenvalue weighted by Gasteiger charge is -2.10. The van der Waals surface area contributed by atoms with E-state index in [9.17, 15) is 9.59 Å². The van der Waals surface area contributed by atoms with Crippen molar-refractivity contribution < 1.29 is 9.59 Å². The minimum atomic E-state index is -0.435. The van der Waals surface area contributed by atoms with E-state index in [1.165, 1.54) is 6.92 Å². The second-order valence-corrected chi connectivity index (χ2v) is 4.27. The van der Waals surface area contributed by atoms with Crippen molar-refractivity contribution in [3.8, 4) is 0 Å². The molecular formula is C10H9BrO2S. The first-order chi connectivity index (χ1) is 6.57. The molecule has 1 atom stereocenters. The standard InChI is InChI=1S/C10H9BrO2S/c1-6(13)10(11)7-3-2-4-9(14)8(7)5-12/h2-5,10,14H,1H3. The first kappa shape index (κ1) is 11.5. The van der Waals surface area contributed by atoms with Gasteiger partial charge in [-0.25, -0.2) is 0 Å². The number of rotatable bonds is 3. The molecule has 1 aromatic carbocycles. The van der Waals surface area contributed by atoms with Crippen LogP contribution in [0.2, 0.25) is 0 Å². The predicted octanol–water partition coefficient (Wildman–Crippen LogP) is 2.81. The molecule has 0 saturated heterocycles. The third kappa shape index (κ3) is 2.25. The quantitative estimate of drug-likeness (QED) is 0.522. The number of aldehydes is 1. The van der Waals surface area contributed by atoms with Crippen LogP contribution in [0.1, 0.15) is 27.7 Å². The fourth-order valence-corrected chi connectivity index (χ4v) is 1.81. The van der Waals surface area contributed by atoms with Crippen LogP contribution in [0.5, 0.6) is 0 Å². The van der Waals surface area contributed by atoms with Crippen molar-refractivity contribution in [1.82, 2.24) is 0 Å². The molecule has 0 spiro atoms. The minimum Gasteiger partial charge on any atom is -0.298 e. The molecule has 0 saturated carbocycles. The summed E-state index contributed by atoms with van der Waals surface area (Å²) in [5, 5.41) is 0. The van der Waals surface area contributed by atoms with Crippen LogP contribution >= 0.6 is 28.6 Å². The number of alkyl halides is 1.